The van der Waals surface area contributed by atoms with Crippen LogP contribution in [-0.2, 0) is 6.54 Å². The number of methoxy groups -OCH3 is 1. The van der Waals surface area contributed by atoms with Crippen LogP contribution in [0.25, 0.3) is 0 Å². The minimum atomic E-state index is -0.383. The molecule has 20 heavy (non-hydrogen) atoms. The molecule has 0 unspecified atom stereocenters. The van der Waals surface area contributed by atoms with Crippen LogP contribution in [0.1, 0.15) is 38.2 Å². The van der Waals surface area contributed by atoms with Gasteiger partial charge in [0.15, 0.2) is 0 Å². The number of hydrogen-bond donors (Lipinski definition) is 1. The van der Waals surface area contributed by atoms with Crippen LogP contribution in [0.4, 0.5) is 5.69 Å². The molecule has 5 heteroatoms. The summed E-state index contributed by atoms with van der Waals surface area (Å²) >= 11 is 0. The molecule has 1 saturated carbocycles. The van der Waals surface area contributed by atoms with E-state index in [0.717, 1.165) is 12.1 Å². The van der Waals surface area contributed by atoms with Crippen LogP contribution < -0.4 is 10.1 Å². The van der Waals surface area contributed by atoms with Crippen molar-refractivity contribution in [1.29, 1.82) is 0 Å². The standard InChI is InChI=1S/C15H22N2O3/c1-3-4-15(5-6-15)11-16-10-12-7-13(17(18)19)9-14(8-12)20-2/h7-9,16H,3-6,10-11H2,1-2H3. The Balaban J connectivity index is 1.95. The minimum absolute atomic E-state index is 0.0795. The fourth-order valence-electron chi connectivity index (χ4n) is 2.66. The Morgan fingerprint density at radius 2 is 2.15 bits per heavy atom. The van der Waals surface area contributed by atoms with E-state index in [1.165, 1.54) is 38.9 Å². The van der Waals surface area contributed by atoms with Gasteiger partial charge in [0.1, 0.15) is 5.75 Å². The van der Waals surface area contributed by atoms with Gasteiger partial charge >= 0.3 is 0 Å². The number of nitro groups is 1. The van der Waals surface area contributed by atoms with E-state index in [0.29, 0.717) is 17.7 Å². The first kappa shape index (κ1) is 14.8. The minimum Gasteiger partial charge on any atom is -0.496 e. The SMILES string of the molecule is CCCC1(CNCc2cc(OC)cc([N+](=O)[O-])c2)CC1. The number of hydrogen-bond acceptors (Lipinski definition) is 4. The molecule has 0 aromatic heterocycles. The molecule has 1 aliphatic carbocycles. The van der Waals surface area contributed by atoms with Crippen molar-refractivity contribution in [3.8, 4) is 5.75 Å². The van der Waals surface area contributed by atoms with E-state index >= 15 is 0 Å². The second-order valence-corrected chi connectivity index (χ2v) is 5.65. The average molecular weight is 278 g/mol. The molecular weight excluding hydrogens is 256 g/mol. The topological polar surface area (TPSA) is 64.4 Å². The van der Waals surface area contributed by atoms with Crippen LogP contribution in [0.2, 0.25) is 0 Å². The second kappa shape index (κ2) is 6.22. The van der Waals surface area contributed by atoms with Crippen LogP contribution in [-0.4, -0.2) is 18.6 Å². The Morgan fingerprint density at radius 3 is 2.70 bits per heavy atom. The molecule has 1 aliphatic rings. The summed E-state index contributed by atoms with van der Waals surface area (Å²) in [4.78, 5) is 10.5. The first-order valence-corrected chi connectivity index (χ1v) is 7.12. The molecule has 0 saturated heterocycles. The highest BCUT2D eigenvalue weighted by Crippen LogP contribution is 2.48. The maximum Gasteiger partial charge on any atom is 0.273 e. The predicted molar refractivity (Wildman–Crippen MR) is 77.9 cm³/mol. The van der Waals surface area contributed by atoms with E-state index in [-0.39, 0.29) is 10.6 Å². The Hall–Kier alpha value is -1.62. The smallest absolute Gasteiger partial charge is 0.273 e. The average Bonchev–Trinajstić information content (AvgIpc) is 3.18. The summed E-state index contributed by atoms with van der Waals surface area (Å²) in [6.07, 6.45) is 5.07. The summed E-state index contributed by atoms with van der Waals surface area (Å²) < 4.78 is 5.11. The number of ether oxygens (including phenoxy) is 1. The van der Waals surface area contributed by atoms with Crippen molar-refractivity contribution in [2.45, 2.75) is 39.2 Å². The van der Waals surface area contributed by atoms with Gasteiger partial charge in [-0.2, -0.15) is 0 Å². The lowest BCUT2D eigenvalue weighted by atomic mass is 10.0. The summed E-state index contributed by atoms with van der Waals surface area (Å²) in [5, 5.41) is 14.3. The quantitative estimate of drug-likeness (QED) is 0.585. The van der Waals surface area contributed by atoms with Gasteiger partial charge in [-0.25, -0.2) is 0 Å². The molecule has 2 rings (SSSR count). The summed E-state index contributed by atoms with van der Waals surface area (Å²) in [5.74, 6) is 0.533. The Kier molecular flexibility index (Phi) is 4.60. The van der Waals surface area contributed by atoms with Gasteiger partial charge < -0.3 is 10.1 Å². The molecule has 1 aromatic carbocycles. The molecule has 1 N–H and O–H groups in total. The first-order valence-electron chi connectivity index (χ1n) is 7.12. The maximum atomic E-state index is 10.9. The first-order chi connectivity index (χ1) is 9.58. The lowest BCUT2D eigenvalue weighted by Gasteiger charge is -2.15. The molecule has 5 nitrogen and oxygen atoms in total. The van der Waals surface area contributed by atoms with Gasteiger partial charge in [0.2, 0.25) is 0 Å². The highest BCUT2D eigenvalue weighted by atomic mass is 16.6. The van der Waals surface area contributed by atoms with Crippen molar-refractivity contribution in [2.24, 2.45) is 5.41 Å². The molecule has 0 heterocycles. The third-order valence-corrected chi connectivity index (χ3v) is 3.96. The molecular formula is C15H22N2O3. The van der Waals surface area contributed by atoms with E-state index in [4.69, 9.17) is 4.74 Å². The lowest BCUT2D eigenvalue weighted by Crippen LogP contribution is -2.23. The van der Waals surface area contributed by atoms with E-state index < -0.39 is 0 Å². The number of non-ortho nitro benzene ring substituents is 1. The van der Waals surface area contributed by atoms with Crippen LogP contribution in [0.5, 0.6) is 5.75 Å². The van der Waals surface area contributed by atoms with Crippen molar-refractivity contribution in [1.82, 2.24) is 5.32 Å². The summed E-state index contributed by atoms with van der Waals surface area (Å²) in [6.45, 7) is 3.85. The van der Waals surface area contributed by atoms with Gasteiger partial charge in [-0.1, -0.05) is 13.3 Å². The van der Waals surface area contributed by atoms with Crippen molar-refractivity contribution in [2.75, 3.05) is 13.7 Å². The van der Waals surface area contributed by atoms with Crippen LogP contribution in [0, 0.1) is 15.5 Å². The number of rotatable bonds is 8. The number of nitrogens with zero attached hydrogens (tertiary/aromatic N) is 1. The van der Waals surface area contributed by atoms with E-state index in [1.807, 2.05) is 6.07 Å². The number of nitro benzene ring substituents is 1. The van der Waals surface area contributed by atoms with Gasteiger partial charge in [0, 0.05) is 19.2 Å². The van der Waals surface area contributed by atoms with Gasteiger partial charge in [-0.05, 0) is 36.3 Å². The number of benzene rings is 1. The van der Waals surface area contributed by atoms with Crippen molar-refractivity contribution >= 4 is 5.69 Å². The monoisotopic (exact) mass is 278 g/mol. The van der Waals surface area contributed by atoms with Gasteiger partial charge in [-0.3, -0.25) is 10.1 Å². The molecule has 0 bridgehead atoms. The van der Waals surface area contributed by atoms with Gasteiger partial charge in [0.25, 0.3) is 5.69 Å². The van der Waals surface area contributed by atoms with Gasteiger partial charge in [0.05, 0.1) is 18.1 Å². The lowest BCUT2D eigenvalue weighted by molar-refractivity contribution is -0.385. The van der Waals surface area contributed by atoms with Crippen LogP contribution >= 0.6 is 0 Å². The van der Waals surface area contributed by atoms with E-state index in [2.05, 4.69) is 12.2 Å². The maximum absolute atomic E-state index is 10.9. The zero-order chi connectivity index (χ0) is 14.6. The molecule has 110 valence electrons. The Bertz CT molecular complexity index is 484. The molecule has 1 fully saturated rings. The summed E-state index contributed by atoms with van der Waals surface area (Å²) in [5.41, 5.74) is 1.46. The third kappa shape index (κ3) is 3.70. The fraction of sp³-hybridized carbons (Fsp3) is 0.600. The van der Waals surface area contributed by atoms with Crippen molar-refractivity contribution in [3.63, 3.8) is 0 Å². The molecule has 0 spiro atoms. The summed E-state index contributed by atoms with van der Waals surface area (Å²) in [6, 6.07) is 4.90. The molecule has 1 aromatic rings. The van der Waals surface area contributed by atoms with Crippen LogP contribution in [0.3, 0.4) is 0 Å². The molecule has 0 radical (unpaired) electrons. The van der Waals surface area contributed by atoms with E-state index in [1.54, 1.807) is 6.07 Å². The zero-order valence-electron chi connectivity index (χ0n) is 12.1. The normalized spacial score (nSPS) is 15.9. The highest BCUT2D eigenvalue weighted by molar-refractivity contribution is 5.42. The highest BCUT2D eigenvalue weighted by Gasteiger charge is 2.40. The van der Waals surface area contributed by atoms with Crippen molar-refractivity contribution in [3.05, 3.63) is 33.9 Å². The van der Waals surface area contributed by atoms with Crippen LogP contribution in [0.15, 0.2) is 18.2 Å². The second-order valence-electron chi connectivity index (χ2n) is 5.65. The molecule has 0 atom stereocenters. The van der Waals surface area contributed by atoms with E-state index in [9.17, 15) is 10.1 Å². The third-order valence-electron chi connectivity index (χ3n) is 3.96. The summed E-state index contributed by atoms with van der Waals surface area (Å²) in [7, 11) is 1.52. The predicted octanol–water partition coefficient (Wildman–Crippen LogP) is 3.27. The van der Waals surface area contributed by atoms with Crippen molar-refractivity contribution < 1.29 is 9.66 Å². The fourth-order valence-corrected chi connectivity index (χ4v) is 2.66. The molecule has 0 aliphatic heterocycles. The zero-order valence-corrected chi connectivity index (χ0v) is 12.1. The Labute approximate surface area is 119 Å². The Morgan fingerprint density at radius 1 is 1.40 bits per heavy atom. The number of nitrogens with one attached hydrogen (secondary N) is 1. The largest absolute Gasteiger partial charge is 0.496 e. The van der Waals surface area contributed by atoms with Gasteiger partial charge in [-0.15, -0.1) is 0 Å². The molecule has 0 amide bonds.